The van der Waals surface area contributed by atoms with E-state index in [0.29, 0.717) is 16.9 Å². The largest absolute Gasteiger partial charge is 0.462 e. The number of esters is 1. The summed E-state index contributed by atoms with van der Waals surface area (Å²) in [4.78, 5) is 23.9. The van der Waals surface area contributed by atoms with Crippen LogP contribution in [0.15, 0.2) is 53.0 Å². The van der Waals surface area contributed by atoms with Crippen LogP contribution in [-0.4, -0.2) is 18.6 Å². The van der Waals surface area contributed by atoms with E-state index < -0.39 is 12.0 Å². The van der Waals surface area contributed by atoms with E-state index in [4.69, 9.17) is 4.74 Å². The highest BCUT2D eigenvalue weighted by Gasteiger charge is 2.14. The number of nitrogens with one attached hydrogen (secondary N) is 2. The van der Waals surface area contributed by atoms with Crippen LogP contribution in [0.3, 0.4) is 0 Å². The van der Waals surface area contributed by atoms with Gasteiger partial charge in [-0.2, -0.15) is 0 Å². The number of anilines is 2. The summed E-state index contributed by atoms with van der Waals surface area (Å²) in [6.07, 6.45) is 0. The van der Waals surface area contributed by atoms with Crippen molar-refractivity contribution in [3.8, 4) is 0 Å². The van der Waals surface area contributed by atoms with E-state index in [0.717, 1.165) is 4.47 Å². The molecule has 0 aromatic heterocycles. The molecule has 0 heterocycles. The highest BCUT2D eigenvalue weighted by molar-refractivity contribution is 9.10. The Morgan fingerprint density at radius 2 is 1.59 bits per heavy atom. The van der Waals surface area contributed by atoms with E-state index in [1.165, 1.54) is 0 Å². The van der Waals surface area contributed by atoms with Crippen molar-refractivity contribution in [1.29, 1.82) is 0 Å². The van der Waals surface area contributed by atoms with Gasteiger partial charge in [-0.3, -0.25) is 0 Å². The second kappa shape index (κ2) is 7.61. The Hall–Kier alpha value is -2.34. The first-order valence-corrected chi connectivity index (χ1v) is 7.49. The number of halogens is 1. The molecule has 2 aromatic carbocycles. The lowest BCUT2D eigenvalue weighted by Crippen LogP contribution is -2.21. The first-order chi connectivity index (χ1) is 10.6. The summed E-state index contributed by atoms with van der Waals surface area (Å²) in [5, 5.41) is 5.36. The molecule has 2 aromatic rings. The number of hydrogen-bond donors (Lipinski definition) is 2. The van der Waals surface area contributed by atoms with Gasteiger partial charge in [0.05, 0.1) is 23.5 Å². The molecular formula is C16H15BrN2O3. The molecule has 2 N–H and O–H groups in total. The van der Waals surface area contributed by atoms with E-state index in [9.17, 15) is 9.59 Å². The summed E-state index contributed by atoms with van der Waals surface area (Å²) in [5.74, 6) is -0.473. The fourth-order valence-electron chi connectivity index (χ4n) is 1.82. The van der Waals surface area contributed by atoms with Gasteiger partial charge in [0.15, 0.2) is 0 Å². The van der Waals surface area contributed by atoms with Gasteiger partial charge < -0.3 is 15.4 Å². The zero-order valence-electron chi connectivity index (χ0n) is 11.9. The topological polar surface area (TPSA) is 67.4 Å². The Bertz CT molecular complexity index is 689. The van der Waals surface area contributed by atoms with Crippen molar-refractivity contribution < 1.29 is 14.3 Å². The van der Waals surface area contributed by atoms with E-state index >= 15 is 0 Å². The van der Waals surface area contributed by atoms with Crippen LogP contribution in [-0.2, 0) is 4.74 Å². The average Bonchev–Trinajstić information content (AvgIpc) is 2.50. The number of hydrogen-bond acceptors (Lipinski definition) is 3. The SMILES string of the molecule is CCOC(=O)c1ccccc1NC(=O)Nc1ccccc1Br. The quantitative estimate of drug-likeness (QED) is 0.798. The van der Waals surface area contributed by atoms with Gasteiger partial charge in [0.25, 0.3) is 0 Å². The number of rotatable bonds is 4. The molecule has 2 rings (SSSR count). The number of ether oxygens (including phenoxy) is 1. The number of carbonyl (C=O) groups is 2. The molecule has 6 heteroatoms. The lowest BCUT2D eigenvalue weighted by molar-refractivity contribution is 0.0527. The van der Waals surface area contributed by atoms with Gasteiger partial charge in [-0.1, -0.05) is 24.3 Å². The molecule has 114 valence electrons. The summed E-state index contributed by atoms with van der Waals surface area (Å²) < 4.78 is 5.74. The molecule has 0 bridgehead atoms. The van der Waals surface area contributed by atoms with Gasteiger partial charge in [0.1, 0.15) is 0 Å². The van der Waals surface area contributed by atoms with E-state index in [2.05, 4.69) is 26.6 Å². The van der Waals surface area contributed by atoms with Gasteiger partial charge in [0, 0.05) is 4.47 Å². The Balaban J connectivity index is 2.12. The Morgan fingerprint density at radius 1 is 1.00 bits per heavy atom. The fourth-order valence-corrected chi connectivity index (χ4v) is 2.20. The van der Waals surface area contributed by atoms with Gasteiger partial charge in [-0.15, -0.1) is 0 Å². The molecule has 5 nitrogen and oxygen atoms in total. The third-order valence-electron chi connectivity index (χ3n) is 2.79. The maximum atomic E-state index is 12.1. The van der Waals surface area contributed by atoms with E-state index in [1.807, 2.05) is 18.2 Å². The van der Waals surface area contributed by atoms with Crippen molar-refractivity contribution in [3.63, 3.8) is 0 Å². The molecule has 2 amide bonds. The number of benzene rings is 2. The van der Waals surface area contributed by atoms with Crippen molar-refractivity contribution in [2.45, 2.75) is 6.92 Å². The van der Waals surface area contributed by atoms with Crippen molar-refractivity contribution in [3.05, 3.63) is 58.6 Å². The van der Waals surface area contributed by atoms with Crippen LogP contribution in [0.4, 0.5) is 16.2 Å². The molecule has 0 aliphatic carbocycles. The number of amides is 2. The first-order valence-electron chi connectivity index (χ1n) is 6.70. The lowest BCUT2D eigenvalue weighted by atomic mass is 10.2. The normalized spacial score (nSPS) is 9.91. The summed E-state index contributed by atoms with van der Waals surface area (Å²) in [5.41, 5.74) is 1.34. The van der Waals surface area contributed by atoms with Crippen LogP contribution < -0.4 is 10.6 Å². The van der Waals surface area contributed by atoms with Crippen LogP contribution in [0.25, 0.3) is 0 Å². The summed E-state index contributed by atoms with van der Waals surface area (Å²) in [6, 6.07) is 13.5. The molecule has 0 atom stereocenters. The predicted molar refractivity (Wildman–Crippen MR) is 89.2 cm³/mol. The highest BCUT2D eigenvalue weighted by atomic mass is 79.9. The molecule has 0 saturated heterocycles. The minimum Gasteiger partial charge on any atom is -0.462 e. The number of para-hydroxylation sites is 2. The zero-order chi connectivity index (χ0) is 15.9. The maximum absolute atomic E-state index is 12.1. The molecule has 22 heavy (non-hydrogen) atoms. The molecule has 0 aliphatic heterocycles. The maximum Gasteiger partial charge on any atom is 0.340 e. The summed E-state index contributed by atoms with van der Waals surface area (Å²) in [7, 11) is 0. The van der Waals surface area contributed by atoms with Crippen LogP contribution in [0.5, 0.6) is 0 Å². The smallest absolute Gasteiger partial charge is 0.340 e. The fraction of sp³-hybridized carbons (Fsp3) is 0.125. The molecular weight excluding hydrogens is 348 g/mol. The third kappa shape index (κ3) is 4.08. The van der Waals surface area contributed by atoms with Crippen LogP contribution in [0.1, 0.15) is 17.3 Å². The Kier molecular flexibility index (Phi) is 5.55. The van der Waals surface area contributed by atoms with Crippen molar-refractivity contribution in [2.24, 2.45) is 0 Å². The number of carbonyl (C=O) groups excluding carboxylic acids is 2. The monoisotopic (exact) mass is 362 g/mol. The van der Waals surface area contributed by atoms with Crippen molar-refractivity contribution in [1.82, 2.24) is 0 Å². The molecule has 0 unspecified atom stereocenters. The van der Waals surface area contributed by atoms with Crippen LogP contribution in [0, 0.1) is 0 Å². The number of urea groups is 1. The lowest BCUT2D eigenvalue weighted by Gasteiger charge is -2.12. The van der Waals surface area contributed by atoms with Crippen LogP contribution >= 0.6 is 15.9 Å². The minimum absolute atomic E-state index is 0.274. The third-order valence-corrected chi connectivity index (χ3v) is 3.48. The van der Waals surface area contributed by atoms with E-state index in [1.54, 1.807) is 37.3 Å². The van der Waals surface area contributed by atoms with Crippen LogP contribution in [0.2, 0.25) is 0 Å². The Morgan fingerprint density at radius 3 is 2.27 bits per heavy atom. The van der Waals surface area contributed by atoms with Gasteiger partial charge in [-0.05, 0) is 47.1 Å². The van der Waals surface area contributed by atoms with Gasteiger partial charge in [-0.25, -0.2) is 9.59 Å². The second-order valence-corrected chi connectivity index (χ2v) is 5.18. The molecule has 0 radical (unpaired) electrons. The van der Waals surface area contributed by atoms with E-state index in [-0.39, 0.29) is 6.61 Å². The Labute approximate surface area is 136 Å². The molecule has 0 fully saturated rings. The standard InChI is InChI=1S/C16H15BrN2O3/c1-2-22-15(20)11-7-3-5-9-13(11)18-16(21)19-14-10-6-4-8-12(14)17/h3-10H,2H2,1H3,(H2,18,19,21). The summed E-state index contributed by atoms with van der Waals surface area (Å²) in [6.45, 7) is 2.00. The predicted octanol–water partition coefficient (Wildman–Crippen LogP) is 4.27. The first kappa shape index (κ1) is 16.0. The summed E-state index contributed by atoms with van der Waals surface area (Å²) >= 11 is 3.35. The average molecular weight is 363 g/mol. The highest BCUT2D eigenvalue weighted by Crippen LogP contribution is 2.22. The second-order valence-electron chi connectivity index (χ2n) is 4.33. The van der Waals surface area contributed by atoms with Gasteiger partial charge in [0.2, 0.25) is 0 Å². The minimum atomic E-state index is -0.473. The molecule has 0 spiro atoms. The van der Waals surface area contributed by atoms with Crippen molar-refractivity contribution >= 4 is 39.3 Å². The molecule has 0 saturated carbocycles. The zero-order valence-corrected chi connectivity index (χ0v) is 13.5. The van der Waals surface area contributed by atoms with Crippen molar-refractivity contribution in [2.75, 3.05) is 17.2 Å². The van der Waals surface area contributed by atoms with Gasteiger partial charge >= 0.3 is 12.0 Å². The molecule has 0 aliphatic rings.